The Kier molecular flexibility index (Phi) is 8.53. The zero-order chi connectivity index (χ0) is 27.3. The van der Waals surface area contributed by atoms with Crippen LogP contribution in [0.1, 0.15) is 70.8 Å². The first-order valence-electron chi connectivity index (χ1n) is 12.2. The first-order chi connectivity index (χ1) is 17.4. The molecule has 3 aromatic rings. The van der Waals surface area contributed by atoms with Crippen LogP contribution in [0.4, 0.5) is 0 Å². The first-order valence-corrected chi connectivity index (χ1v) is 12.2. The van der Waals surface area contributed by atoms with Gasteiger partial charge in [-0.2, -0.15) is 0 Å². The molecule has 1 aromatic heterocycles. The molecule has 0 aliphatic rings. The Balaban J connectivity index is 1.81. The third kappa shape index (κ3) is 7.29. The van der Waals surface area contributed by atoms with Gasteiger partial charge in [0.25, 0.3) is 5.91 Å². The maximum absolute atomic E-state index is 13.2. The molecule has 196 valence electrons. The number of aromatic nitrogens is 1. The third-order valence-electron chi connectivity index (χ3n) is 5.57. The number of carbonyl (C=O) groups excluding carboxylic acids is 3. The van der Waals surface area contributed by atoms with Crippen LogP contribution < -0.4 is 5.32 Å². The Hall–Kier alpha value is -3.94. The summed E-state index contributed by atoms with van der Waals surface area (Å²) in [6, 6.07) is 11.8. The van der Waals surface area contributed by atoms with E-state index in [0.717, 1.165) is 22.3 Å². The van der Waals surface area contributed by atoms with Crippen LogP contribution in [0.3, 0.4) is 0 Å². The van der Waals surface area contributed by atoms with Gasteiger partial charge < -0.3 is 19.3 Å². The molecule has 8 nitrogen and oxygen atoms in total. The van der Waals surface area contributed by atoms with E-state index < -0.39 is 23.6 Å². The van der Waals surface area contributed by atoms with Gasteiger partial charge in [0.15, 0.2) is 11.5 Å². The van der Waals surface area contributed by atoms with Crippen LogP contribution in [0, 0.1) is 20.8 Å². The quantitative estimate of drug-likeness (QED) is 0.422. The Morgan fingerprint density at radius 2 is 1.62 bits per heavy atom. The highest BCUT2D eigenvalue weighted by Crippen LogP contribution is 2.23. The first kappa shape index (κ1) is 27.6. The summed E-state index contributed by atoms with van der Waals surface area (Å²) in [5.41, 5.74) is 4.21. The van der Waals surface area contributed by atoms with Gasteiger partial charge in [0.05, 0.1) is 6.61 Å². The number of ether oxygens (including phenoxy) is 2. The van der Waals surface area contributed by atoms with Crippen molar-refractivity contribution < 1.29 is 28.4 Å². The average Bonchev–Trinajstić information content (AvgIpc) is 3.28. The molecule has 2 aromatic carbocycles. The summed E-state index contributed by atoms with van der Waals surface area (Å²) >= 11 is 0. The van der Waals surface area contributed by atoms with Crippen molar-refractivity contribution in [2.75, 3.05) is 6.61 Å². The van der Waals surface area contributed by atoms with Crippen molar-refractivity contribution in [3.63, 3.8) is 0 Å². The van der Waals surface area contributed by atoms with Gasteiger partial charge in [0.2, 0.25) is 0 Å². The van der Waals surface area contributed by atoms with Gasteiger partial charge in [0.1, 0.15) is 11.6 Å². The lowest BCUT2D eigenvalue weighted by Gasteiger charge is -2.25. The highest BCUT2D eigenvalue weighted by atomic mass is 16.6. The van der Waals surface area contributed by atoms with E-state index in [1.165, 1.54) is 6.07 Å². The fourth-order valence-corrected chi connectivity index (χ4v) is 4.09. The van der Waals surface area contributed by atoms with Crippen molar-refractivity contribution in [1.29, 1.82) is 0 Å². The second-order valence-corrected chi connectivity index (χ2v) is 10.0. The molecule has 0 bridgehead atoms. The molecule has 1 unspecified atom stereocenters. The molecule has 37 heavy (non-hydrogen) atoms. The number of rotatable bonds is 8. The number of carbonyl (C=O) groups is 3. The van der Waals surface area contributed by atoms with Gasteiger partial charge in [-0.05, 0) is 65.2 Å². The summed E-state index contributed by atoms with van der Waals surface area (Å²) in [5.74, 6) is -0.974. The van der Waals surface area contributed by atoms with E-state index in [1.807, 2.05) is 45.0 Å². The van der Waals surface area contributed by atoms with E-state index >= 15 is 0 Å². The normalized spacial score (nSPS) is 12.1. The molecule has 1 N–H and O–H groups in total. The molecule has 1 atom stereocenters. The van der Waals surface area contributed by atoms with Gasteiger partial charge >= 0.3 is 11.9 Å². The average molecular weight is 507 g/mol. The molecule has 0 radical (unpaired) electrons. The highest BCUT2D eigenvalue weighted by Gasteiger charge is 2.28. The minimum absolute atomic E-state index is 0.0929. The number of aryl methyl sites for hydroxylation is 3. The molecule has 0 fully saturated rings. The molecule has 8 heteroatoms. The van der Waals surface area contributed by atoms with Crippen molar-refractivity contribution >= 4 is 17.8 Å². The molecular weight excluding hydrogens is 472 g/mol. The maximum atomic E-state index is 13.2. The van der Waals surface area contributed by atoms with Crippen molar-refractivity contribution in [2.24, 2.45) is 0 Å². The summed E-state index contributed by atoms with van der Waals surface area (Å²) in [4.78, 5) is 38.1. The summed E-state index contributed by atoms with van der Waals surface area (Å²) in [6.07, 6.45) is 0.232. The number of nitrogens with one attached hydrogen (secondary N) is 1. The van der Waals surface area contributed by atoms with Crippen LogP contribution >= 0.6 is 0 Å². The highest BCUT2D eigenvalue weighted by molar-refractivity contribution is 5.99. The van der Waals surface area contributed by atoms with Crippen molar-refractivity contribution in [1.82, 2.24) is 10.5 Å². The van der Waals surface area contributed by atoms with Crippen molar-refractivity contribution in [2.45, 2.75) is 66.5 Å². The van der Waals surface area contributed by atoms with Gasteiger partial charge in [-0.25, -0.2) is 9.59 Å². The lowest BCUT2D eigenvalue weighted by molar-refractivity contribution is -0.157. The monoisotopic (exact) mass is 506 g/mol. The van der Waals surface area contributed by atoms with Crippen molar-refractivity contribution in [3.05, 3.63) is 76.0 Å². The second-order valence-electron chi connectivity index (χ2n) is 10.0. The van der Waals surface area contributed by atoms with E-state index in [9.17, 15) is 14.4 Å². The molecule has 1 amide bonds. The van der Waals surface area contributed by atoms with E-state index in [4.69, 9.17) is 14.0 Å². The smallest absolute Gasteiger partial charge is 0.360 e. The topological polar surface area (TPSA) is 108 Å². The number of nitrogens with zero attached hydrogens (tertiary/aromatic N) is 1. The maximum Gasteiger partial charge on any atom is 0.360 e. The van der Waals surface area contributed by atoms with Crippen LogP contribution in [-0.4, -0.2) is 41.3 Å². The molecule has 0 aliphatic heterocycles. The second kappa shape index (κ2) is 11.4. The third-order valence-corrected chi connectivity index (χ3v) is 5.57. The van der Waals surface area contributed by atoms with Gasteiger partial charge in [-0.1, -0.05) is 47.1 Å². The van der Waals surface area contributed by atoms with Gasteiger partial charge in [-0.3, -0.25) is 4.79 Å². The number of amides is 1. The van der Waals surface area contributed by atoms with E-state index in [0.29, 0.717) is 16.9 Å². The summed E-state index contributed by atoms with van der Waals surface area (Å²) in [5, 5.41) is 6.65. The molecule has 1 heterocycles. The number of hydrogen-bond acceptors (Lipinski definition) is 7. The number of esters is 2. The molecule has 0 saturated heterocycles. The van der Waals surface area contributed by atoms with Crippen molar-refractivity contribution in [3.8, 4) is 11.3 Å². The fourth-order valence-electron chi connectivity index (χ4n) is 4.09. The van der Waals surface area contributed by atoms with Crippen LogP contribution in [0.5, 0.6) is 0 Å². The lowest BCUT2D eigenvalue weighted by Crippen LogP contribution is -2.45. The van der Waals surface area contributed by atoms with Crippen LogP contribution in [0.15, 0.2) is 47.0 Å². The van der Waals surface area contributed by atoms with Crippen LogP contribution in [0.25, 0.3) is 11.3 Å². The zero-order valence-electron chi connectivity index (χ0n) is 22.4. The Morgan fingerprint density at radius 1 is 1.00 bits per heavy atom. The summed E-state index contributed by atoms with van der Waals surface area (Å²) < 4.78 is 15.8. The SMILES string of the molecule is CCOC(=O)c1cc(-c2ccc(CC(NC(=O)c3c(C)cc(C)cc3C)C(=O)OC(C)(C)C)cc2)on1. The summed E-state index contributed by atoms with van der Waals surface area (Å²) in [7, 11) is 0. The van der Waals surface area contributed by atoms with E-state index in [1.54, 1.807) is 39.8 Å². The largest absolute Gasteiger partial charge is 0.461 e. The Labute approximate surface area is 217 Å². The zero-order valence-corrected chi connectivity index (χ0v) is 22.4. The lowest BCUT2D eigenvalue weighted by atomic mass is 9.98. The molecule has 0 saturated carbocycles. The van der Waals surface area contributed by atoms with Gasteiger partial charge in [0, 0.05) is 23.6 Å². The Bertz CT molecular complexity index is 1260. The van der Waals surface area contributed by atoms with E-state index in [2.05, 4.69) is 10.5 Å². The predicted molar refractivity (Wildman–Crippen MR) is 139 cm³/mol. The Morgan fingerprint density at radius 3 is 2.19 bits per heavy atom. The molecule has 0 aliphatic carbocycles. The predicted octanol–water partition coefficient (Wildman–Crippen LogP) is 5.13. The van der Waals surface area contributed by atoms with Crippen LogP contribution in [-0.2, 0) is 20.7 Å². The molecule has 0 spiro atoms. The molecule has 3 rings (SSSR count). The summed E-state index contributed by atoms with van der Waals surface area (Å²) in [6.45, 7) is 13.1. The number of hydrogen-bond donors (Lipinski definition) is 1. The van der Waals surface area contributed by atoms with E-state index in [-0.39, 0.29) is 24.6 Å². The number of benzene rings is 2. The van der Waals surface area contributed by atoms with Crippen LogP contribution in [0.2, 0.25) is 0 Å². The standard InChI is InChI=1S/C29H34N2O6/c1-8-35-27(33)23-16-24(37-31-23)21-11-9-20(10-12-21)15-22(28(34)36-29(5,6)7)30-26(32)25-18(3)13-17(2)14-19(25)4/h9-14,16,22H,8,15H2,1-7H3,(H,30,32). The fraction of sp³-hybridized carbons (Fsp3) is 0.379. The minimum atomic E-state index is -0.890. The molecular formula is C29H34N2O6. The van der Waals surface area contributed by atoms with Gasteiger partial charge in [-0.15, -0.1) is 0 Å². The minimum Gasteiger partial charge on any atom is -0.461 e.